The Balaban J connectivity index is 2.43. The molecule has 0 amide bonds. The lowest BCUT2D eigenvalue weighted by molar-refractivity contribution is 0.584. The molecule has 1 fully saturated rings. The predicted molar refractivity (Wildman–Crippen MR) is 90.1 cm³/mol. The van der Waals surface area contributed by atoms with Gasteiger partial charge in [0.2, 0.25) is 0 Å². The van der Waals surface area contributed by atoms with Crippen LogP contribution in [0.5, 0.6) is 0 Å². The van der Waals surface area contributed by atoms with Crippen molar-refractivity contribution in [1.82, 2.24) is 0 Å². The summed E-state index contributed by atoms with van der Waals surface area (Å²) in [5, 5.41) is 0.284. The van der Waals surface area contributed by atoms with Gasteiger partial charge in [-0.3, -0.25) is 0 Å². The van der Waals surface area contributed by atoms with Crippen molar-refractivity contribution < 1.29 is 8.42 Å². The Labute approximate surface area is 135 Å². The molecule has 19 heavy (non-hydrogen) atoms. The van der Waals surface area contributed by atoms with Crippen molar-refractivity contribution in [3.63, 3.8) is 0 Å². The van der Waals surface area contributed by atoms with Crippen LogP contribution in [0.25, 0.3) is 0 Å². The van der Waals surface area contributed by atoms with Gasteiger partial charge in [-0.25, -0.2) is 8.42 Å². The molecule has 0 aliphatic carbocycles. The molecule has 0 radical (unpaired) electrons. The summed E-state index contributed by atoms with van der Waals surface area (Å²) in [7, 11) is -3.08. The van der Waals surface area contributed by atoms with Gasteiger partial charge in [0.05, 0.1) is 0 Å². The first kappa shape index (κ1) is 15.7. The first-order valence-corrected chi connectivity index (χ1v) is 10.8. The van der Waals surface area contributed by atoms with Crippen LogP contribution in [0.15, 0.2) is 22.7 Å². The van der Waals surface area contributed by atoms with E-state index in [2.05, 4.69) is 31.9 Å². The first-order chi connectivity index (χ1) is 8.93. The SMILES string of the molecule is CS(=O)(=O)C1CSCCN1c1ccc(Br)cc1CBr. The summed E-state index contributed by atoms with van der Waals surface area (Å²) in [5.74, 6) is 1.60. The van der Waals surface area contributed by atoms with Gasteiger partial charge in [-0.1, -0.05) is 31.9 Å². The number of benzene rings is 1. The van der Waals surface area contributed by atoms with Gasteiger partial charge in [0.15, 0.2) is 9.84 Å². The van der Waals surface area contributed by atoms with Gasteiger partial charge < -0.3 is 4.90 Å². The smallest absolute Gasteiger partial charge is 0.169 e. The van der Waals surface area contributed by atoms with E-state index in [-0.39, 0.29) is 0 Å². The van der Waals surface area contributed by atoms with Crippen LogP contribution in [0.2, 0.25) is 0 Å². The second-order valence-electron chi connectivity index (χ2n) is 4.46. The number of sulfone groups is 1. The van der Waals surface area contributed by atoms with Crippen LogP contribution in [-0.2, 0) is 15.2 Å². The van der Waals surface area contributed by atoms with Gasteiger partial charge >= 0.3 is 0 Å². The molecule has 1 aromatic rings. The maximum Gasteiger partial charge on any atom is 0.169 e. The molecular formula is C12H15Br2NO2S2. The molecular weight excluding hydrogens is 414 g/mol. The number of hydrogen-bond acceptors (Lipinski definition) is 4. The minimum absolute atomic E-state index is 0.426. The number of thioether (sulfide) groups is 1. The Bertz CT molecular complexity index is 563. The summed E-state index contributed by atoms with van der Waals surface area (Å²) >= 11 is 8.63. The average molecular weight is 429 g/mol. The van der Waals surface area contributed by atoms with Crippen molar-refractivity contribution in [3.05, 3.63) is 28.2 Å². The highest BCUT2D eigenvalue weighted by Gasteiger charge is 2.32. The molecule has 0 aromatic heterocycles. The summed E-state index contributed by atoms with van der Waals surface area (Å²) in [6, 6.07) is 5.99. The monoisotopic (exact) mass is 427 g/mol. The molecule has 0 spiro atoms. The maximum absolute atomic E-state index is 12.0. The van der Waals surface area contributed by atoms with Crippen LogP contribution in [-0.4, -0.2) is 38.1 Å². The highest BCUT2D eigenvalue weighted by molar-refractivity contribution is 9.10. The van der Waals surface area contributed by atoms with E-state index in [0.29, 0.717) is 11.1 Å². The number of hydrogen-bond donors (Lipinski definition) is 0. The van der Waals surface area contributed by atoms with E-state index < -0.39 is 15.2 Å². The van der Waals surface area contributed by atoms with E-state index in [1.54, 1.807) is 11.8 Å². The lowest BCUT2D eigenvalue weighted by Gasteiger charge is -2.37. The summed E-state index contributed by atoms with van der Waals surface area (Å²) in [6.07, 6.45) is 1.32. The van der Waals surface area contributed by atoms with E-state index in [1.807, 2.05) is 23.1 Å². The van der Waals surface area contributed by atoms with E-state index in [0.717, 1.165) is 28.0 Å². The summed E-state index contributed by atoms with van der Waals surface area (Å²) in [5.41, 5.74) is 2.12. The standard InChI is InChI=1S/C12H15Br2NO2S2/c1-19(16,17)12-8-18-5-4-15(12)11-3-2-10(14)6-9(11)7-13/h2-3,6,12H,4-5,7-8H2,1H3. The van der Waals surface area contributed by atoms with Crippen molar-refractivity contribution in [2.45, 2.75) is 10.7 Å². The molecule has 106 valence electrons. The third-order valence-electron chi connectivity index (χ3n) is 3.07. The Morgan fingerprint density at radius 2 is 2.21 bits per heavy atom. The third kappa shape index (κ3) is 3.68. The fourth-order valence-electron chi connectivity index (χ4n) is 2.15. The second-order valence-corrected chi connectivity index (χ2v) is 9.29. The van der Waals surface area contributed by atoms with Gasteiger partial charge in [-0.15, -0.1) is 0 Å². The van der Waals surface area contributed by atoms with Crippen molar-refractivity contribution in [1.29, 1.82) is 0 Å². The zero-order valence-corrected chi connectivity index (χ0v) is 15.3. The van der Waals surface area contributed by atoms with Gasteiger partial charge in [0.25, 0.3) is 0 Å². The van der Waals surface area contributed by atoms with Gasteiger partial charge in [-0.05, 0) is 23.8 Å². The fourth-order valence-corrected chi connectivity index (χ4v) is 5.84. The van der Waals surface area contributed by atoms with Crippen LogP contribution in [0, 0.1) is 0 Å². The van der Waals surface area contributed by atoms with E-state index >= 15 is 0 Å². The van der Waals surface area contributed by atoms with Crippen LogP contribution in [0.3, 0.4) is 0 Å². The van der Waals surface area contributed by atoms with E-state index in [1.165, 1.54) is 6.26 Å². The molecule has 1 aliphatic heterocycles. The Hall–Kier alpha value is 0.280. The Morgan fingerprint density at radius 1 is 1.47 bits per heavy atom. The minimum Gasteiger partial charge on any atom is -0.353 e. The lowest BCUT2D eigenvalue weighted by atomic mass is 10.2. The minimum atomic E-state index is -3.08. The van der Waals surface area contributed by atoms with E-state index in [9.17, 15) is 8.42 Å². The first-order valence-electron chi connectivity index (χ1n) is 5.81. The quantitative estimate of drug-likeness (QED) is 0.692. The van der Waals surface area contributed by atoms with Gasteiger partial charge in [0.1, 0.15) is 5.37 Å². The summed E-state index contributed by atoms with van der Waals surface area (Å²) in [6.45, 7) is 0.768. The van der Waals surface area contributed by atoms with E-state index in [4.69, 9.17) is 0 Å². The molecule has 1 aromatic carbocycles. The molecule has 0 N–H and O–H groups in total. The molecule has 0 bridgehead atoms. The van der Waals surface area contributed by atoms with Crippen LogP contribution < -0.4 is 4.90 Å². The molecule has 3 nitrogen and oxygen atoms in total. The molecule has 1 aliphatic rings. The zero-order valence-electron chi connectivity index (χ0n) is 10.5. The number of anilines is 1. The molecule has 1 atom stereocenters. The molecule has 0 saturated carbocycles. The van der Waals surface area contributed by atoms with Crippen molar-refractivity contribution in [3.8, 4) is 0 Å². The van der Waals surface area contributed by atoms with Crippen molar-refractivity contribution >= 4 is 59.1 Å². The normalized spacial score (nSPS) is 20.6. The number of rotatable bonds is 3. The zero-order chi connectivity index (χ0) is 14.0. The largest absolute Gasteiger partial charge is 0.353 e. The molecule has 1 saturated heterocycles. The highest BCUT2D eigenvalue weighted by Crippen LogP contribution is 2.32. The van der Waals surface area contributed by atoms with Crippen molar-refractivity contribution in [2.24, 2.45) is 0 Å². The number of halogens is 2. The Morgan fingerprint density at radius 3 is 2.84 bits per heavy atom. The number of nitrogens with zero attached hydrogens (tertiary/aromatic N) is 1. The lowest BCUT2D eigenvalue weighted by Crippen LogP contribution is -2.47. The fraction of sp³-hybridized carbons (Fsp3) is 0.500. The summed E-state index contributed by atoms with van der Waals surface area (Å²) in [4.78, 5) is 2.02. The maximum atomic E-state index is 12.0. The second kappa shape index (κ2) is 6.37. The molecule has 2 rings (SSSR count). The van der Waals surface area contributed by atoms with Gasteiger partial charge in [-0.2, -0.15) is 11.8 Å². The summed E-state index contributed by atoms with van der Waals surface area (Å²) < 4.78 is 24.9. The number of alkyl halides is 1. The third-order valence-corrected chi connectivity index (χ3v) is 6.81. The topological polar surface area (TPSA) is 37.4 Å². The highest BCUT2D eigenvalue weighted by atomic mass is 79.9. The average Bonchev–Trinajstić information content (AvgIpc) is 2.37. The predicted octanol–water partition coefficient (Wildman–Crippen LogP) is 3.27. The van der Waals surface area contributed by atoms with Crippen LogP contribution in [0.1, 0.15) is 5.56 Å². The molecule has 1 heterocycles. The molecule has 7 heteroatoms. The Kier molecular flexibility index (Phi) is 5.25. The molecule has 1 unspecified atom stereocenters. The van der Waals surface area contributed by atoms with Crippen LogP contribution in [0.4, 0.5) is 5.69 Å². The van der Waals surface area contributed by atoms with Crippen molar-refractivity contribution in [2.75, 3.05) is 29.2 Å². The van der Waals surface area contributed by atoms with Gasteiger partial charge in [0, 0.05) is 39.8 Å². The van der Waals surface area contributed by atoms with Crippen LogP contribution >= 0.6 is 43.6 Å².